The highest BCUT2D eigenvalue weighted by Gasteiger charge is 2.06. The van der Waals surface area contributed by atoms with E-state index in [-0.39, 0.29) is 6.10 Å². The summed E-state index contributed by atoms with van der Waals surface area (Å²) in [6, 6.07) is 10.0. The summed E-state index contributed by atoms with van der Waals surface area (Å²) in [7, 11) is 1.91. The van der Waals surface area contributed by atoms with Gasteiger partial charge in [-0.15, -0.1) is 0 Å². The van der Waals surface area contributed by atoms with Crippen molar-refractivity contribution in [2.24, 2.45) is 0 Å². The van der Waals surface area contributed by atoms with Gasteiger partial charge in [0.25, 0.3) is 0 Å². The minimum absolute atomic E-state index is 0.229. The fourth-order valence-corrected chi connectivity index (χ4v) is 2.02. The van der Waals surface area contributed by atoms with Crippen molar-refractivity contribution in [3.63, 3.8) is 0 Å². The van der Waals surface area contributed by atoms with Crippen molar-refractivity contribution in [1.29, 1.82) is 0 Å². The van der Waals surface area contributed by atoms with Crippen LogP contribution in [0.25, 0.3) is 10.9 Å². The van der Waals surface area contributed by atoms with Gasteiger partial charge in [0, 0.05) is 18.0 Å². The summed E-state index contributed by atoms with van der Waals surface area (Å²) in [4.78, 5) is 4.61. The molecule has 0 radical (unpaired) electrons. The molecule has 1 aromatic carbocycles. The van der Waals surface area contributed by atoms with E-state index in [0.29, 0.717) is 13.2 Å². The van der Waals surface area contributed by atoms with E-state index in [1.54, 1.807) is 0 Å². The minimum atomic E-state index is 0.229. The quantitative estimate of drug-likeness (QED) is 0.788. The smallest absolute Gasteiger partial charge is 0.130 e. The summed E-state index contributed by atoms with van der Waals surface area (Å²) in [5.74, 6) is 0.869. The van der Waals surface area contributed by atoms with Gasteiger partial charge in [0.2, 0.25) is 0 Å². The lowest BCUT2D eigenvalue weighted by Gasteiger charge is -2.12. The molecular formula is C16H22N2O2. The van der Waals surface area contributed by atoms with Crippen LogP contribution in [0.2, 0.25) is 0 Å². The van der Waals surface area contributed by atoms with Crippen LogP contribution in [-0.4, -0.2) is 31.3 Å². The Morgan fingerprint density at radius 1 is 1.20 bits per heavy atom. The van der Waals surface area contributed by atoms with Crippen molar-refractivity contribution >= 4 is 10.9 Å². The molecule has 2 aromatic rings. The van der Waals surface area contributed by atoms with Crippen molar-refractivity contribution in [3.8, 4) is 5.75 Å². The Kier molecular flexibility index (Phi) is 5.32. The van der Waals surface area contributed by atoms with E-state index in [0.717, 1.165) is 28.9 Å². The van der Waals surface area contributed by atoms with Crippen LogP contribution in [0.4, 0.5) is 0 Å². The third kappa shape index (κ3) is 3.92. The lowest BCUT2D eigenvalue weighted by Crippen LogP contribution is -2.12. The first kappa shape index (κ1) is 14.8. The maximum Gasteiger partial charge on any atom is 0.130 e. The summed E-state index contributed by atoms with van der Waals surface area (Å²) in [6.45, 7) is 5.91. The number of hydrogen-bond donors (Lipinski definition) is 1. The molecule has 0 saturated heterocycles. The third-order valence-electron chi connectivity index (χ3n) is 2.88. The molecule has 0 aliphatic rings. The average molecular weight is 274 g/mol. The monoisotopic (exact) mass is 274 g/mol. The van der Waals surface area contributed by atoms with Gasteiger partial charge in [0.1, 0.15) is 12.4 Å². The first-order valence-electron chi connectivity index (χ1n) is 6.98. The van der Waals surface area contributed by atoms with Gasteiger partial charge >= 0.3 is 0 Å². The molecule has 0 atom stereocenters. The number of ether oxygens (including phenoxy) is 2. The zero-order valence-corrected chi connectivity index (χ0v) is 12.3. The van der Waals surface area contributed by atoms with Crippen LogP contribution >= 0.6 is 0 Å². The van der Waals surface area contributed by atoms with Gasteiger partial charge in [-0.3, -0.25) is 4.98 Å². The summed E-state index contributed by atoms with van der Waals surface area (Å²) in [5.41, 5.74) is 1.94. The first-order chi connectivity index (χ1) is 9.70. The summed E-state index contributed by atoms with van der Waals surface area (Å²) in [5, 5.41) is 4.15. The summed E-state index contributed by atoms with van der Waals surface area (Å²) < 4.78 is 11.4. The zero-order valence-electron chi connectivity index (χ0n) is 12.3. The first-order valence-corrected chi connectivity index (χ1v) is 6.98. The van der Waals surface area contributed by atoms with Crippen LogP contribution in [-0.2, 0) is 11.3 Å². The maximum atomic E-state index is 5.86. The lowest BCUT2D eigenvalue weighted by molar-refractivity contribution is 0.0556. The fourth-order valence-electron chi connectivity index (χ4n) is 2.02. The second-order valence-electron chi connectivity index (χ2n) is 4.93. The van der Waals surface area contributed by atoms with Crippen molar-refractivity contribution in [2.75, 3.05) is 20.3 Å². The molecule has 1 N–H and O–H groups in total. The number of aromatic nitrogens is 1. The van der Waals surface area contributed by atoms with Crippen LogP contribution in [0.3, 0.4) is 0 Å². The van der Waals surface area contributed by atoms with Crippen molar-refractivity contribution in [3.05, 3.63) is 36.0 Å². The Labute approximate surface area is 120 Å². The highest BCUT2D eigenvalue weighted by molar-refractivity contribution is 5.85. The molecule has 0 bridgehead atoms. The number of hydrogen-bond acceptors (Lipinski definition) is 4. The normalized spacial score (nSPS) is 11.2. The van der Waals surface area contributed by atoms with E-state index in [2.05, 4.69) is 10.3 Å². The third-order valence-corrected chi connectivity index (χ3v) is 2.88. The molecule has 0 saturated carbocycles. The maximum absolute atomic E-state index is 5.86. The van der Waals surface area contributed by atoms with E-state index in [1.165, 1.54) is 0 Å². The van der Waals surface area contributed by atoms with Crippen LogP contribution in [0.1, 0.15) is 19.5 Å². The van der Waals surface area contributed by atoms with E-state index in [1.807, 2.05) is 51.2 Å². The van der Waals surface area contributed by atoms with Crippen LogP contribution < -0.4 is 10.1 Å². The predicted molar refractivity (Wildman–Crippen MR) is 81.1 cm³/mol. The molecule has 4 heteroatoms. The predicted octanol–water partition coefficient (Wildman–Crippen LogP) is 2.76. The number of fused-ring (bicyclic) bond motifs is 1. The lowest BCUT2D eigenvalue weighted by atomic mass is 10.2. The van der Waals surface area contributed by atoms with E-state index in [9.17, 15) is 0 Å². The fraction of sp³-hybridized carbons (Fsp3) is 0.438. The number of benzene rings is 1. The van der Waals surface area contributed by atoms with E-state index >= 15 is 0 Å². The SMILES string of the molecule is CNCc1cc(OCCOC(C)C)c2ccccc2n1. The molecule has 2 rings (SSSR count). The van der Waals surface area contributed by atoms with Gasteiger partial charge in [0.05, 0.1) is 23.9 Å². The highest BCUT2D eigenvalue weighted by Crippen LogP contribution is 2.25. The second kappa shape index (κ2) is 7.22. The van der Waals surface area contributed by atoms with Crippen LogP contribution in [0.15, 0.2) is 30.3 Å². The van der Waals surface area contributed by atoms with E-state index < -0.39 is 0 Å². The highest BCUT2D eigenvalue weighted by atomic mass is 16.5. The molecule has 0 spiro atoms. The van der Waals surface area contributed by atoms with Crippen LogP contribution in [0, 0.1) is 0 Å². The standard InChI is InChI=1S/C16H22N2O2/c1-12(2)19-8-9-20-16-10-13(11-17-3)18-15-7-5-4-6-14(15)16/h4-7,10,12,17H,8-9,11H2,1-3H3. The Morgan fingerprint density at radius 3 is 2.75 bits per heavy atom. The van der Waals surface area contributed by atoms with Crippen molar-refractivity contribution in [1.82, 2.24) is 10.3 Å². The largest absolute Gasteiger partial charge is 0.490 e. The topological polar surface area (TPSA) is 43.4 Å². The van der Waals surface area contributed by atoms with Gasteiger partial charge in [-0.25, -0.2) is 0 Å². The molecule has 20 heavy (non-hydrogen) atoms. The minimum Gasteiger partial charge on any atom is -0.490 e. The molecule has 0 unspecified atom stereocenters. The molecule has 0 amide bonds. The molecule has 0 fully saturated rings. The molecular weight excluding hydrogens is 252 g/mol. The molecule has 0 aliphatic carbocycles. The molecule has 1 aromatic heterocycles. The summed E-state index contributed by atoms with van der Waals surface area (Å²) in [6.07, 6.45) is 0.229. The second-order valence-corrected chi connectivity index (χ2v) is 4.93. The number of rotatable bonds is 7. The molecule has 108 valence electrons. The molecule has 1 heterocycles. The van der Waals surface area contributed by atoms with Crippen molar-refractivity contribution in [2.45, 2.75) is 26.5 Å². The number of nitrogens with one attached hydrogen (secondary N) is 1. The Morgan fingerprint density at radius 2 is 2.00 bits per heavy atom. The Bertz CT molecular complexity index is 555. The van der Waals surface area contributed by atoms with Gasteiger partial charge in [0.15, 0.2) is 0 Å². The van der Waals surface area contributed by atoms with Gasteiger partial charge < -0.3 is 14.8 Å². The zero-order chi connectivity index (χ0) is 14.4. The van der Waals surface area contributed by atoms with E-state index in [4.69, 9.17) is 9.47 Å². The molecule has 4 nitrogen and oxygen atoms in total. The van der Waals surface area contributed by atoms with Gasteiger partial charge in [-0.2, -0.15) is 0 Å². The number of nitrogens with zero attached hydrogens (tertiary/aromatic N) is 1. The van der Waals surface area contributed by atoms with Crippen molar-refractivity contribution < 1.29 is 9.47 Å². The molecule has 0 aliphatic heterocycles. The number of para-hydroxylation sites is 1. The van der Waals surface area contributed by atoms with Gasteiger partial charge in [-0.05, 0) is 33.0 Å². The Hall–Kier alpha value is -1.65. The Balaban J connectivity index is 2.16. The van der Waals surface area contributed by atoms with Gasteiger partial charge in [-0.1, -0.05) is 12.1 Å². The average Bonchev–Trinajstić information content (AvgIpc) is 2.43. The van der Waals surface area contributed by atoms with Crippen LogP contribution in [0.5, 0.6) is 5.75 Å². The summed E-state index contributed by atoms with van der Waals surface area (Å²) >= 11 is 0. The number of pyridine rings is 1.